The molecule has 1 aliphatic heterocycles. The maximum atomic E-state index is 11.7. The number of hydrogen-bond acceptors (Lipinski definition) is 3. The van der Waals surface area contributed by atoms with E-state index < -0.39 is 0 Å². The lowest BCUT2D eigenvalue weighted by Crippen LogP contribution is -2.47. The lowest BCUT2D eigenvalue weighted by molar-refractivity contribution is 0.0529. The van der Waals surface area contributed by atoms with Gasteiger partial charge in [0.15, 0.2) is 0 Å². The average molecular weight is 230 g/mol. The molecule has 0 bridgehead atoms. The summed E-state index contributed by atoms with van der Waals surface area (Å²) in [5.74, 6) is 0.370. The van der Waals surface area contributed by atoms with Crippen LogP contribution in [0.1, 0.15) is 19.8 Å². The molecule has 5 nitrogen and oxygen atoms in total. The standard InChI is InChI=1S/C11H22N2O3/c1-2-10(3-6-14)9-12-11(15)13-4-7-16-8-5-13/h10,14H,2-9H2,1H3,(H,12,15). The van der Waals surface area contributed by atoms with E-state index in [4.69, 9.17) is 9.84 Å². The first-order chi connectivity index (χ1) is 7.77. The monoisotopic (exact) mass is 230 g/mol. The van der Waals surface area contributed by atoms with Gasteiger partial charge in [-0.15, -0.1) is 0 Å². The van der Waals surface area contributed by atoms with Gasteiger partial charge in [0.25, 0.3) is 0 Å². The molecule has 1 aliphatic rings. The highest BCUT2D eigenvalue weighted by molar-refractivity contribution is 5.74. The van der Waals surface area contributed by atoms with Crippen LogP contribution in [0.3, 0.4) is 0 Å². The van der Waals surface area contributed by atoms with Crippen molar-refractivity contribution in [1.82, 2.24) is 10.2 Å². The van der Waals surface area contributed by atoms with Gasteiger partial charge in [0.05, 0.1) is 13.2 Å². The number of nitrogens with zero attached hydrogens (tertiary/aromatic N) is 1. The Labute approximate surface area is 96.8 Å². The fourth-order valence-corrected chi connectivity index (χ4v) is 1.74. The molecule has 0 spiro atoms. The number of carbonyl (C=O) groups is 1. The minimum Gasteiger partial charge on any atom is -0.396 e. The summed E-state index contributed by atoms with van der Waals surface area (Å²) in [6, 6.07) is -0.0142. The summed E-state index contributed by atoms with van der Waals surface area (Å²) >= 11 is 0. The van der Waals surface area contributed by atoms with Crippen LogP contribution in [0.4, 0.5) is 4.79 Å². The molecule has 2 amide bonds. The minimum atomic E-state index is -0.0142. The van der Waals surface area contributed by atoms with E-state index >= 15 is 0 Å². The lowest BCUT2D eigenvalue weighted by atomic mass is 10.0. The number of ether oxygens (including phenoxy) is 1. The lowest BCUT2D eigenvalue weighted by Gasteiger charge is -2.27. The molecule has 0 aromatic carbocycles. The first-order valence-corrected chi connectivity index (χ1v) is 5.99. The number of aliphatic hydroxyl groups is 1. The van der Waals surface area contributed by atoms with Crippen LogP contribution in [0.25, 0.3) is 0 Å². The molecule has 1 atom stereocenters. The van der Waals surface area contributed by atoms with Gasteiger partial charge in [0.1, 0.15) is 0 Å². The number of nitrogens with one attached hydrogen (secondary N) is 1. The van der Waals surface area contributed by atoms with Crippen LogP contribution in [-0.4, -0.2) is 55.5 Å². The Bertz CT molecular complexity index is 205. The van der Waals surface area contributed by atoms with Crippen molar-refractivity contribution < 1.29 is 14.6 Å². The molecular formula is C11H22N2O3. The van der Waals surface area contributed by atoms with Crippen LogP contribution < -0.4 is 5.32 Å². The Balaban J connectivity index is 2.22. The molecule has 1 saturated heterocycles. The molecule has 0 aromatic rings. The van der Waals surface area contributed by atoms with E-state index in [1.54, 1.807) is 4.90 Å². The normalized spacial score (nSPS) is 18.2. The Kier molecular flexibility index (Phi) is 6.18. The molecule has 1 heterocycles. The number of morpholine rings is 1. The van der Waals surface area contributed by atoms with Crippen LogP contribution in [0.5, 0.6) is 0 Å². The molecule has 0 radical (unpaired) electrons. The number of carbonyl (C=O) groups excluding carboxylic acids is 1. The number of hydrogen-bond donors (Lipinski definition) is 2. The van der Waals surface area contributed by atoms with Crippen molar-refractivity contribution in [1.29, 1.82) is 0 Å². The zero-order chi connectivity index (χ0) is 11.8. The molecule has 94 valence electrons. The molecule has 16 heavy (non-hydrogen) atoms. The van der Waals surface area contributed by atoms with Gasteiger partial charge in [0, 0.05) is 26.2 Å². The van der Waals surface area contributed by atoms with Crippen molar-refractivity contribution in [3.8, 4) is 0 Å². The number of amides is 2. The summed E-state index contributed by atoms with van der Waals surface area (Å²) in [6.07, 6.45) is 1.73. The van der Waals surface area contributed by atoms with Crippen LogP contribution in [0, 0.1) is 5.92 Å². The van der Waals surface area contributed by atoms with Crippen molar-refractivity contribution >= 4 is 6.03 Å². The van der Waals surface area contributed by atoms with E-state index in [1.807, 2.05) is 0 Å². The van der Waals surface area contributed by atoms with Crippen molar-refractivity contribution in [2.24, 2.45) is 5.92 Å². The fraction of sp³-hybridized carbons (Fsp3) is 0.909. The second-order valence-corrected chi connectivity index (χ2v) is 4.07. The van der Waals surface area contributed by atoms with Gasteiger partial charge in [-0.05, 0) is 12.3 Å². The zero-order valence-electron chi connectivity index (χ0n) is 9.95. The second-order valence-electron chi connectivity index (χ2n) is 4.07. The summed E-state index contributed by atoms with van der Waals surface area (Å²) in [4.78, 5) is 13.5. The van der Waals surface area contributed by atoms with Gasteiger partial charge in [-0.3, -0.25) is 0 Å². The third-order valence-corrected chi connectivity index (χ3v) is 2.95. The van der Waals surface area contributed by atoms with Crippen LogP contribution in [-0.2, 0) is 4.74 Å². The molecule has 0 aliphatic carbocycles. The molecule has 0 saturated carbocycles. The molecule has 5 heteroatoms. The minimum absolute atomic E-state index is 0.0142. The number of urea groups is 1. The van der Waals surface area contributed by atoms with Gasteiger partial charge in [-0.25, -0.2) is 4.79 Å². The predicted molar refractivity (Wildman–Crippen MR) is 61.3 cm³/mol. The van der Waals surface area contributed by atoms with Crippen molar-refractivity contribution in [3.05, 3.63) is 0 Å². The highest BCUT2D eigenvalue weighted by atomic mass is 16.5. The van der Waals surface area contributed by atoms with Crippen molar-refractivity contribution in [2.75, 3.05) is 39.5 Å². The topological polar surface area (TPSA) is 61.8 Å². The second kappa shape index (κ2) is 7.46. The quantitative estimate of drug-likeness (QED) is 0.720. The summed E-state index contributed by atoms with van der Waals surface area (Å²) in [7, 11) is 0. The molecule has 1 rings (SSSR count). The number of rotatable bonds is 5. The zero-order valence-corrected chi connectivity index (χ0v) is 9.95. The molecule has 1 unspecified atom stereocenters. The summed E-state index contributed by atoms with van der Waals surface area (Å²) in [6.45, 7) is 5.49. The van der Waals surface area contributed by atoms with Crippen molar-refractivity contribution in [2.45, 2.75) is 19.8 Å². The van der Waals surface area contributed by atoms with E-state index in [9.17, 15) is 4.79 Å². The SMILES string of the molecule is CCC(CCO)CNC(=O)N1CCOCC1. The first kappa shape index (κ1) is 13.3. The van der Waals surface area contributed by atoms with Gasteiger partial charge in [-0.2, -0.15) is 0 Å². The van der Waals surface area contributed by atoms with E-state index in [-0.39, 0.29) is 12.6 Å². The molecular weight excluding hydrogens is 208 g/mol. The Morgan fingerprint density at radius 1 is 1.50 bits per heavy atom. The maximum absolute atomic E-state index is 11.7. The predicted octanol–water partition coefficient (Wildman–Crippen LogP) is 0.437. The van der Waals surface area contributed by atoms with E-state index in [0.29, 0.717) is 38.8 Å². The van der Waals surface area contributed by atoms with Crippen LogP contribution in [0.2, 0.25) is 0 Å². The number of aliphatic hydroxyl groups excluding tert-OH is 1. The van der Waals surface area contributed by atoms with Crippen LogP contribution >= 0.6 is 0 Å². The van der Waals surface area contributed by atoms with Crippen molar-refractivity contribution in [3.63, 3.8) is 0 Å². The van der Waals surface area contributed by atoms with Crippen LogP contribution in [0.15, 0.2) is 0 Å². The Morgan fingerprint density at radius 2 is 2.19 bits per heavy atom. The van der Waals surface area contributed by atoms with E-state index in [1.165, 1.54) is 0 Å². The Morgan fingerprint density at radius 3 is 2.75 bits per heavy atom. The average Bonchev–Trinajstić information content (AvgIpc) is 2.35. The van der Waals surface area contributed by atoms with Gasteiger partial charge >= 0.3 is 6.03 Å². The van der Waals surface area contributed by atoms with Gasteiger partial charge in [0.2, 0.25) is 0 Å². The summed E-state index contributed by atoms with van der Waals surface area (Å²) in [5, 5.41) is 11.8. The smallest absolute Gasteiger partial charge is 0.317 e. The molecule has 2 N–H and O–H groups in total. The Hall–Kier alpha value is -0.810. The third kappa shape index (κ3) is 4.37. The highest BCUT2D eigenvalue weighted by Gasteiger charge is 2.17. The summed E-state index contributed by atoms with van der Waals surface area (Å²) in [5.41, 5.74) is 0. The van der Waals surface area contributed by atoms with E-state index in [0.717, 1.165) is 12.8 Å². The van der Waals surface area contributed by atoms with E-state index in [2.05, 4.69) is 12.2 Å². The third-order valence-electron chi connectivity index (χ3n) is 2.95. The molecule has 0 aromatic heterocycles. The largest absolute Gasteiger partial charge is 0.396 e. The highest BCUT2D eigenvalue weighted by Crippen LogP contribution is 2.06. The summed E-state index contributed by atoms with van der Waals surface area (Å²) < 4.78 is 5.18. The van der Waals surface area contributed by atoms with Gasteiger partial charge < -0.3 is 20.1 Å². The molecule has 1 fully saturated rings. The fourth-order valence-electron chi connectivity index (χ4n) is 1.74. The maximum Gasteiger partial charge on any atom is 0.317 e. The first-order valence-electron chi connectivity index (χ1n) is 5.99. The van der Waals surface area contributed by atoms with Gasteiger partial charge in [-0.1, -0.05) is 13.3 Å².